The van der Waals surface area contributed by atoms with Gasteiger partial charge in [0.2, 0.25) is 0 Å². The average Bonchev–Trinajstić information content (AvgIpc) is 2.69. The second kappa shape index (κ2) is 6.64. The first-order valence-electron chi connectivity index (χ1n) is 13.7. The van der Waals surface area contributed by atoms with Crippen molar-refractivity contribution < 1.29 is 5.11 Å². The summed E-state index contributed by atoms with van der Waals surface area (Å²) in [5.41, 5.74) is 3.58. The van der Waals surface area contributed by atoms with Gasteiger partial charge in [-0.2, -0.15) is 0 Å². The van der Waals surface area contributed by atoms with Crippen molar-refractivity contribution >= 4 is 0 Å². The molecule has 0 bridgehead atoms. The molecule has 0 heterocycles. The Morgan fingerprint density at radius 1 is 0.806 bits per heavy atom. The maximum Gasteiger partial charge on any atom is 0.0594 e. The summed E-state index contributed by atoms with van der Waals surface area (Å²) in [6.45, 7) is 20.5. The number of fused-ring (bicyclic) bond motifs is 7. The summed E-state index contributed by atoms with van der Waals surface area (Å²) in [6.07, 6.45) is 14.5. The van der Waals surface area contributed by atoms with Crippen molar-refractivity contribution in [1.82, 2.24) is 0 Å². The smallest absolute Gasteiger partial charge is 0.0594 e. The molecule has 5 aliphatic carbocycles. The molecule has 0 aromatic carbocycles. The van der Waals surface area contributed by atoms with E-state index in [-0.39, 0.29) is 11.5 Å². The van der Waals surface area contributed by atoms with Gasteiger partial charge in [0.1, 0.15) is 0 Å². The molecule has 5 aliphatic rings. The van der Waals surface area contributed by atoms with Crippen LogP contribution in [0, 0.1) is 56.7 Å². The Hall–Kier alpha value is -0.300. The largest absolute Gasteiger partial charge is 0.393 e. The van der Waals surface area contributed by atoms with Gasteiger partial charge in [0.15, 0.2) is 0 Å². The number of allylic oxidation sites excluding steroid dienone is 2. The molecule has 31 heavy (non-hydrogen) atoms. The Morgan fingerprint density at radius 2 is 1.52 bits per heavy atom. The number of rotatable bonds is 0. The van der Waals surface area contributed by atoms with E-state index in [4.69, 9.17) is 0 Å². The molecule has 1 heteroatoms. The van der Waals surface area contributed by atoms with Gasteiger partial charge >= 0.3 is 0 Å². The van der Waals surface area contributed by atoms with Crippen LogP contribution in [0.2, 0.25) is 0 Å². The van der Waals surface area contributed by atoms with Crippen molar-refractivity contribution in [2.24, 2.45) is 56.7 Å². The summed E-state index contributed by atoms with van der Waals surface area (Å²) in [6, 6.07) is 0. The van der Waals surface area contributed by atoms with Crippen LogP contribution in [0.25, 0.3) is 0 Å². The predicted octanol–water partition coefficient (Wildman–Crippen LogP) is 8.02. The molecule has 0 aliphatic heterocycles. The van der Waals surface area contributed by atoms with Crippen LogP contribution in [0.3, 0.4) is 0 Å². The van der Waals surface area contributed by atoms with E-state index in [9.17, 15) is 5.11 Å². The molecule has 1 nitrogen and oxygen atoms in total. The summed E-state index contributed by atoms with van der Waals surface area (Å²) < 4.78 is 0. The summed E-state index contributed by atoms with van der Waals surface area (Å²) in [5.74, 6) is 4.00. The fourth-order valence-electron chi connectivity index (χ4n) is 11.3. The molecule has 5 rings (SSSR count). The van der Waals surface area contributed by atoms with E-state index in [1.165, 1.54) is 51.4 Å². The zero-order chi connectivity index (χ0) is 22.6. The van der Waals surface area contributed by atoms with Crippen LogP contribution in [-0.4, -0.2) is 11.2 Å². The van der Waals surface area contributed by atoms with Gasteiger partial charge in [0.05, 0.1) is 6.10 Å². The minimum absolute atomic E-state index is 0.0665. The Bertz CT molecular complexity index is 779. The molecule has 0 radical (unpaired) electrons. The maximum atomic E-state index is 10.9. The standard InChI is InChI=1S/C30H50O/c1-19-11-14-27(5)17-18-29(7)21(25(27)20(19)2)9-10-23-28(6)15-13-24(31)26(3,4)22(28)12-16-30(23,29)8/h11,20-25,31H,9-10,12-18H2,1-8H3/t20-,21+,22+,23-,24-,25-,27+,28-,29+,30+/m0/s1. The Kier molecular flexibility index (Phi) is 4.82. The number of aliphatic hydroxyl groups excluding tert-OH is 1. The van der Waals surface area contributed by atoms with Gasteiger partial charge < -0.3 is 5.11 Å². The van der Waals surface area contributed by atoms with E-state index in [1.54, 1.807) is 5.57 Å². The van der Waals surface area contributed by atoms with Crippen LogP contribution < -0.4 is 0 Å². The first-order chi connectivity index (χ1) is 14.3. The highest BCUT2D eigenvalue weighted by Gasteiger charge is 2.69. The first kappa shape index (κ1) is 22.5. The van der Waals surface area contributed by atoms with Gasteiger partial charge in [-0.05, 0) is 121 Å². The summed E-state index contributed by atoms with van der Waals surface area (Å²) in [5, 5.41) is 10.9. The number of hydrogen-bond acceptors (Lipinski definition) is 1. The minimum atomic E-state index is -0.116. The molecule has 1 N–H and O–H groups in total. The normalized spacial score (nSPS) is 58.3. The third kappa shape index (κ3) is 2.65. The summed E-state index contributed by atoms with van der Waals surface area (Å²) in [4.78, 5) is 0. The lowest BCUT2D eigenvalue weighted by Crippen LogP contribution is -2.67. The molecule has 4 saturated carbocycles. The number of hydrogen-bond donors (Lipinski definition) is 1. The lowest BCUT2D eigenvalue weighted by atomic mass is 9.31. The molecule has 0 unspecified atom stereocenters. The molecule has 10 atom stereocenters. The number of aliphatic hydroxyl groups is 1. The predicted molar refractivity (Wildman–Crippen MR) is 131 cm³/mol. The van der Waals surface area contributed by atoms with Gasteiger partial charge in [-0.15, -0.1) is 0 Å². The van der Waals surface area contributed by atoms with Crippen molar-refractivity contribution in [2.45, 2.75) is 119 Å². The zero-order valence-electron chi connectivity index (χ0n) is 21.9. The van der Waals surface area contributed by atoms with Gasteiger partial charge in [-0.3, -0.25) is 0 Å². The van der Waals surface area contributed by atoms with Crippen molar-refractivity contribution in [3.8, 4) is 0 Å². The topological polar surface area (TPSA) is 20.2 Å². The van der Waals surface area contributed by atoms with Crippen LogP contribution in [0.4, 0.5) is 0 Å². The molecular formula is C30H50O. The molecule has 4 fully saturated rings. The summed E-state index contributed by atoms with van der Waals surface area (Å²) in [7, 11) is 0. The van der Waals surface area contributed by atoms with Crippen LogP contribution in [0.1, 0.15) is 113 Å². The monoisotopic (exact) mass is 426 g/mol. The molecule has 0 aromatic heterocycles. The summed E-state index contributed by atoms with van der Waals surface area (Å²) >= 11 is 0. The van der Waals surface area contributed by atoms with Gasteiger partial charge in [-0.25, -0.2) is 0 Å². The van der Waals surface area contributed by atoms with E-state index in [0.29, 0.717) is 27.6 Å². The molecule has 0 amide bonds. The lowest BCUT2D eigenvalue weighted by molar-refractivity contribution is -0.250. The van der Waals surface area contributed by atoms with Gasteiger partial charge in [0.25, 0.3) is 0 Å². The van der Waals surface area contributed by atoms with Crippen molar-refractivity contribution in [3.63, 3.8) is 0 Å². The van der Waals surface area contributed by atoms with E-state index >= 15 is 0 Å². The van der Waals surface area contributed by atoms with E-state index in [0.717, 1.165) is 30.1 Å². The van der Waals surface area contributed by atoms with Crippen LogP contribution in [-0.2, 0) is 0 Å². The Morgan fingerprint density at radius 3 is 2.23 bits per heavy atom. The lowest BCUT2D eigenvalue weighted by Gasteiger charge is -2.73. The second-order valence-electron chi connectivity index (χ2n) is 14.7. The van der Waals surface area contributed by atoms with Crippen molar-refractivity contribution in [2.75, 3.05) is 0 Å². The fraction of sp³-hybridized carbons (Fsp3) is 0.933. The Balaban J connectivity index is 1.55. The quantitative estimate of drug-likeness (QED) is 0.389. The SMILES string of the molecule is CC1=CC[C@]2(C)CC[C@]3(C)[C@H](CC[C@H]4[C@@]5(C)CC[C@H](O)C(C)(C)[C@H]5CC[C@]43C)[C@@H]2[C@H]1C. The molecule has 0 saturated heterocycles. The first-order valence-corrected chi connectivity index (χ1v) is 13.7. The molecule has 0 spiro atoms. The molecular weight excluding hydrogens is 376 g/mol. The molecule has 0 aromatic rings. The third-order valence-electron chi connectivity index (χ3n) is 13.5. The van der Waals surface area contributed by atoms with Crippen LogP contribution >= 0.6 is 0 Å². The zero-order valence-corrected chi connectivity index (χ0v) is 21.9. The maximum absolute atomic E-state index is 10.9. The van der Waals surface area contributed by atoms with Crippen molar-refractivity contribution in [1.29, 1.82) is 0 Å². The average molecular weight is 427 g/mol. The van der Waals surface area contributed by atoms with Crippen molar-refractivity contribution in [3.05, 3.63) is 11.6 Å². The van der Waals surface area contributed by atoms with Gasteiger partial charge in [0, 0.05) is 0 Å². The van der Waals surface area contributed by atoms with E-state index in [1.807, 2.05) is 0 Å². The highest BCUT2D eigenvalue weighted by molar-refractivity contribution is 5.22. The highest BCUT2D eigenvalue weighted by Crippen LogP contribution is 2.76. The Labute approximate surface area is 192 Å². The van der Waals surface area contributed by atoms with Gasteiger partial charge in [-0.1, -0.05) is 60.1 Å². The van der Waals surface area contributed by atoms with E-state index in [2.05, 4.69) is 61.5 Å². The molecule has 176 valence electrons. The third-order valence-corrected chi connectivity index (χ3v) is 13.5. The van der Waals surface area contributed by atoms with E-state index < -0.39 is 0 Å². The van der Waals surface area contributed by atoms with Crippen LogP contribution in [0.5, 0.6) is 0 Å². The fourth-order valence-corrected chi connectivity index (χ4v) is 11.3. The minimum Gasteiger partial charge on any atom is -0.393 e. The highest BCUT2D eigenvalue weighted by atomic mass is 16.3. The van der Waals surface area contributed by atoms with Crippen LogP contribution in [0.15, 0.2) is 11.6 Å². The second-order valence-corrected chi connectivity index (χ2v) is 14.7.